The number of aliphatic hydroxyl groups is 1. The van der Waals surface area contributed by atoms with Gasteiger partial charge in [0.25, 0.3) is 0 Å². The van der Waals surface area contributed by atoms with E-state index in [1.54, 1.807) is 20.0 Å². The number of nitrogens with one attached hydrogen (secondary N) is 1. The zero-order valence-electron chi connectivity index (χ0n) is 13.0. The van der Waals surface area contributed by atoms with Crippen LogP contribution in [0.3, 0.4) is 0 Å². The van der Waals surface area contributed by atoms with Crippen molar-refractivity contribution >= 4 is 23.1 Å². The van der Waals surface area contributed by atoms with Crippen LogP contribution in [0.1, 0.15) is 11.3 Å². The lowest BCUT2D eigenvalue weighted by atomic mass is 10.00. The lowest BCUT2D eigenvalue weighted by Gasteiger charge is -2.16. The van der Waals surface area contributed by atoms with E-state index in [0.717, 1.165) is 5.56 Å². The smallest absolute Gasteiger partial charge is 0.333 e. The van der Waals surface area contributed by atoms with Crippen LogP contribution in [0.5, 0.6) is 0 Å². The van der Waals surface area contributed by atoms with E-state index in [0.29, 0.717) is 29.5 Å². The van der Waals surface area contributed by atoms with Crippen molar-refractivity contribution in [2.45, 2.75) is 13.3 Å². The highest BCUT2D eigenvalue weighted by molar-refractivity contribution is 6.31. The number of halogens is 1. The Balaban J connectivity index is 2.10. The number of nitro groups is 1. The Kier molecular flexibility index (Phi) is 5.57. The minimum atomic E-state index is -0.452. The Hall–Kier alpha value is -2.12. The number of anilines is 1. The zero-order valence-corrected chi connectivity index (χ0v) is 13.7. The molecule has 1 aromatic carbocycles. The molecule has 0 bridgehead atoms. The van der Waals surface area contributed by atoms with E-state index in [1.165, 1.54) is 4.68 Å². The summed E-state index contributed by atoms with van der Waals surface area (Å²) in [4.78, 5) is 10.7. The van der Waals surface area contributed by atoms with Crippen LogP contribution in [0.2, 0.25) is 5.02 Å². The van der Waals surface area contributed by atoms with Gasteiger partial charge in [0.05, 0.1) is 4.92 Å². The molecule has 2 N–H and O–H groups in total. The first kappa shape index (κ1) is 17.2. The number of hydrogen-bond acceptors (Lipinski definition) is 5. The van der Waals surface area contributed by atoms with Crippen LogP contribution in [-0.2, 0) is 13.5 Å². The molecule has 8 heteroatoms. The quantitative estimate of drug-likeness (QED) is 0.597. The van der Waals surface area contributed by atoms with Crippen molar-refractivity contribution in [1.29, 1.82) is 0 Å². The van der Waals surface area contributed by atoms with Gasteiger partial charge < -0.3 is 10.4 Å². The molecule has 0 aliphatic carbocycles. The molecule has 0 saturated carbocycles. The second-order valence-electron chi connectivity index (χ2n) is 5.39. The third kappa shape index (κ3) is 4.00. The minimum Gasteiger partial charge on any atom is -0.396 e. The van der Waals surface area contributed by atoms with Crippen molar-refractivity contribution in [2.75, 3.05) is 18.5 Å². The van der Waals surface area contributed by atoms with E-state index in [-0.39, 0.29) is 18.2 Å². The van der Waals surface area contributed by atoms with Gasteiger partial charge in [-0.2, -0.15) is 5.10 Å². The molecule has 7 nitrogen and oxygen atoms in total. The van der Waals surface area contributed by atoms with Crippen LogP contribution in [0.25, 0.3) is 0 Å². The average Bonchev–Trinajstić information content (AvgIpc) is 2.79. The standard InChI is InChI=1S/C15H19ClN4O3/c1-10-14(20(22)23)15(19(2)18-10)17-8-11(9-21)7-12-5-3-4-6-13(12)16/h3-6,11,17,21H,7-9H2,1-2H3/t11-/m0/s1. The van der Waals surface area contributed by atoms with Gasteiger partial charge in [0.15, 0.2) is 0 Å². The van der Waals surface area contributed by atoms with Crippen molar-refractivity contribution in [3.8, 4) is 0 Å². The summed E-state index contributed by atoms with van der Waals surface area (Å²) in [6.45, 7) is 1.92. The van der Waals surface area contributed by atoms with E-state index in [9.17, 15) is 15.2 Å². The number of aryl methyl sites for hydroxylation is 2. The number of hydrogen-bond donors (Lipinski definition) is 2. The minimum absolute atomic E-state index is 0.0399. The van der Waals surface area contributed by atoms with E-state index >= 15 is 0 Å². The van der Waals surface area contributed by atoms with E-state index < -0.39 is 4.92 Å². The summed E-state index contributed by atoms with van der Waals surface area (Å²) in [6, 6.07) is 7.44. The SMILES string of the molecule is Cc1nn(C)c(NC[C@@H](CO)Cc2ccccc2Cl)c1[N+](=O)[O-]. The number of rotatable bonds is 7. The fraction of sp³-hybridized carbons (Fsp3) is 0.400. The second kappa shape index (κ2) is 7.43. The predicted octanol–water partition coefficient (Wildman–Crippen LogP) is 2.55. The van der Waals surface area contributed by atoms with Gasteiger partial charge in [0.1, 0.15) is 5.69 Å². The molecule has 2 rings (SSSR count). The van der Waals surface area contributed by atoms with Crippen molar-refractivity contribution in [1.82, 2.24) is 9.78 Å². The summed E-state index contributed by atoms with van der Waals surface area (Å²) in [6.07, 6.45) is 0.577. The molecule has 2 aromatic rings. The molecule has 0 radical (unpaired) electrons. The molecule has 0 unspecified atom stereocenters. The van der Waals surface area contributed by atoms with Crippen molar-refractivity contribution in [3.63, 3.8) is 0 Å². The van der Waals surface area contributed by atoms with Crippen LogP contribution < -0.4 is 5.32 Å². The van der Waals surface area contributed by atoms with Gasteiger partial charge in [0.2, 0.25) is 5.82 Å². The number of nitrogens with zero attached hydrogens (tertiary/aromatic N) is 3. The first-order chi connectivity index (χ1) is 10.9. The van der Waals surface area contributed by atoms with Crippen molar-refractivity contribution in [2.24, 2.45) is 13.0 Å². The molecular weight excluding hydrogens is 320 g/mol. The highest BCUT2D eigenvalue weighted by Crippen LogP contribution is 2.27. The Morgan fingerprint density at radius 2 is 2.17 bits per heavy atom. The maximum atomic E-state index is 11.2. The third-order valence-corrected chi connectivity index (χ3v) is 4.02. The summed E-state index contributed by atoms with van der Waals surface area (Å²) in [5.74, 6) is 0.217. The molecule has 0 aliphatic rings. The van der Waals surface area contributed by atoms with Crippen molar-refractivity contribution in [3.05, 3.63) is 50.7 Å². The monoisotopic (exact) mass is 338 g/mol. The van der Waals surface area contributed by atoms with E-state index in [4.69, 9.17) is 11.6 Å². The first-order valence-corrected chi connectivity index (χ1v) is 7.58. The van der Waals surface area contributed by atoms with Gasteiger partial charge in [-0.25, -0.2) is 4.68 Å². The molecule has 1 aromatic heterocycles. The summed E-state index contributed by atoms with van der Waals surface area (Å²) in [5.41, 5.74) is 1.25. The lowest BCUT2D eigenvalue weighted by molar-refractivity contribution is -0.384. The molecule has 1 atom stereocenters. The lowest BCUT2D eigenvalue weighted by Crippen LogP contribution is -2.22. The van der Waals surface area contributed by atoms with Crippen LogP contribution >= 0.6 is 11.6 Å². The number of aliphatic hydroxyl groups excluding tert-OH is 1. The van der Waals surface area contributed by atoms with Crippen LogP contribution in [0.15, 0.2) is 24.3 Å². The molecule has 0 saturated heterocycles. The Morgan fingerprint density at radius 1 is 1.48 bits per heavy atom. The maximum absolute atomic E-state index is 11.2. The molecule has 0 spiro atoms. The van der Waals surface area contributed by atoms with Crippen LogP contribution in [0, 0.1) is 23.0 Å². The summed E-state index contributed by atoms with van der Waals surface area (Å²) >= 11 is 6.13. The molecule has 0 aliphatic heterocycles. The topological polar surface area (TPSA) is 93.2 Å². The number of benzene rings is 1. The van der Waals surface area contributed by atoms with Gasteiger partial charge in [-0.1, -0.05) is 29.8 Å². The van der Waals surface area contributed by atoms with Gasteiger partial charge in [-0.3, -0.25) is 10.1 Å². The van der Waals surface area contributed by atoms with Gasteiger partial charge in [-0.05, 0) is 25.0 Å². The Bertz CT molecular complexity index is 702. The Morgan fingerprint density at radius 3 is 2.78 bits per heavy atom. The molecular formula is C15H19ClN4O3. The fourth-order valence-corrected chi connectivity index (χ4v) is 2.69. The van der Waals surface area contributed by atoms with Crippen LogP contribution in [-0.4, -0.2) is 33.0 Å². The van der Waals surface area contributed by atoms with Gasteiger partial charge in [0, 0.05) is 31.1 Å². The highest BCUT2D eigenvalue weighted by atomic mass is 35.5. The van der Waals surface area contributed by atoms with Gasteiger partial charge >= 0.3 is 5.69 Å². The van der Waals surface area contributed by atoms with E-state index in [2.05, 4.69) is 10.4 Å². The van der Waals surface area contributed by atoms with Crippen molar-refractivity contribution < 1.29 is 10.0 Å². The summed E-state index contributed by atoms with van der Waals surface area (Å²) in [5, 5.41) is 28.5. The molecule has 1 heterocycles. The van der Waals surface area contributed by atoms with Crippen LogP contribution in [0.4, 0.5) is 11.5 Å². The Labute approximate surface area is 139 Å². The van der Waals surface area contributed by atoms with Gasteiger partial charge in [-0.15, -0.1) is 0 Å². The second-order valence-corrected chi connectivity index (χ2v) is 5.80. The molecule has 0 fully saturated rings. The summed E-state index contributed by atoms with van der Waals surface area (Å²) < 4.78 is 1.44. The normalized spacial score (nSPS) is 12.2. The predicted molar refractivity (Wildman–Crippen MR) is 88.8 cm³/mol. The fourth-order valence-electron chi connectivity index (χ4n) is 2.48. The molecule has 0 amide bonds. The summed E-state index contributed by atoms with van der Waals surface area (Å²) in [7, 11) is 1.64. The van der Waals surface area contributed by atoms with E-state index in [1.807, 2.05) is 18.2 Å². The zero-order chi connectivity index (χ0) is 17.0. The largest absolute Gasteiger partial charge is 0.396 e. The first-order valence-electron chi connectivity index (χ1n) is 7.20. The average molecular weight is 339 g/mol. The highest BCUT2D eigenvalue weighted by Gasteiger charge is 2.24. The molecule has 124 valence electrons. The number of aromatic nitrogens is 2. The molecule has 23 heavy (non-hydrogen) atoms. The maximum Gasteiger partial charge on any atom is 0.333 e. The third-order valence-electron chi connectivity index (χ3n) is 3.66.